The lowest BCUT2D eigenvalue weighted by Crippen LogP contribution is -2.58. The first-order valence-corrected chi connectivity index (χ1v) is 15.6. The summed E-state index contributed by atoms with van der Waals surface area (Å²) in [7, 11) is 1.46. The first-order chi connectivity index (χ1) is 22.4. The lowest BCUT2D eigenvalue weighted by Gasteiger charge is -2.44. The molecule has 0 aliphatic carbocycles. The van der Waals surface area contributed by atoms with Gasteiger partial charge in [0.15, 0.2) is 5.69 Å². The smallest absolute Gasteiger partial charge is 0.418 e. The van der Waals surface area contributed by atoms with Crippen LogP contribution >= 0.6 is 11.6 Å². The molecule has 0 saturated carbocycles. The molecular formula is C32H35ClF3N7O4. The van der Waals surface area contributed by atoms with E-state index in [1.807, 2.05) is 18.7 Å². The normalized spacial score (nSPS) is 18.6. The molecule has 47 heavy (non-hydrogen) atoms. The molecule has 0 bridgehead atoms. The number of alkyl halides is 3. The number of urea groups is 1. The molecule has 250 valence electrons. The Kier molecular flexibility index (Phi) is 9.80. The van der Waals surface area contributed by atoms with E-state index in [1.165, 1.54) is 19.2 Å². The molecule has 3 atom stereocenters. The van der Waals surface area contributed by atoms with E-state index in [0.29, 0.717) is 35.9 Å². The number of likely N-dealkylation sites (N-methyl/N-ethyl adjacent to an activating group) is 1. The fraction of sp³-hybridized carbons (Fsp3) is 0.406. The highest BCUT2D eigenvalue weighted by molar-refractivity contribution is 6.30. The number of aromatic nitrogens is 2. The number of pyridine rings is 2. The number of hydrogen-bond acceptors (Lipinski definition) is 7. The Morgan fingerprint density at radius 3 is 2.51 bits per heavy atom. The molecule has 11 nitrogen and oxygen atoms in total. The van der Waals surface area contributed by atoms with E-state index < -0.39 is 41.7 Å². The molecule has 2 aliphatic rings. The van der Waals surface area contributed by atoms with Crippen molar-refractivity contribution in [1.82, 2.24) is 25.5 Å². The molecule has 1 aromatic carbocycles. The second kappa shape index (κ2) is 13.6. The van der Waals surface area contributed by atoms with Crippen LogP contribution in [0, 0.1) is 0 Å². The number of ether oxygens (including phenoxy) is 1. The molecule has 0 spiro atoms. The number of nitrogens with one attached hydrogen (secondary N) is 2. The summed E-state index contributed by atoms with van der Waals surface area (Å²) < 4.78 is 47.6. The number of hydrogen-bond donors (Lipinski definition) is 2. The van der Waals surface area contributed by atoms with Crippen molar-refractivity contribution >= 4 is 40.8 Å². The zero-order valence-electron chi connectivity index (χ0n) is 26.3. The van der Waals surface area contributed by atoms with Crippen LogP contribution in [0.25, 0.3) is 11.3 Å². The number of fused-ring (bicyclic) bond motifs is 1. The summed E-state index contributed by atoms with van der Waals surface area (Å²) in [4.78, 5) is 53.4. The molecule has 4 amide bonds. The monoisotopic (exact) mass is 673 g/mol. The van der Waals surface area contributed by atoms with Crippen molar-refractivity contribution in [2.45, 2.75) is 51.5 Å². The van der Waals surface area contributed by atoms with Gasteiger partial charge in [-0.05, 0) is 62.7 Å². The van der Waals surface area contributed by atoms with Gasteiger partial charge in [0.2, 0.25) is 11.8 Å². The highest BCUT2D eigenvalue weighted by atomic mass is 35.5. The molecule has 2 N–H and O–H groups in total. The zero-order valence-corrected chi connectivity index (χ0v) is 27.0. The molecule has 3 aromatic rings. The van der Waals surface area contributed by atoms with E-state index in [9.17, 15) is 27.6 Å². The second-order valence-electron chi connectivity index (χ2n) is 11.2. The molecule has 0 radical (unpaired) electrons. The number of piperazine rings is 1. The Hall–Kier alpha value is -4.59. The number of rotatable bonds is 9. The van der Waals surface area contributed by atoms with Gasteiger partial charge in [-0.2, -0.15) is 13.2 Å². The second-order valence-corrected chi connectivity index (χ2v) is 11.7. The molecule has 2 fully saturated rings. The third-order valence-electron chi connectivity index (χ3n) is 8.31. The summed E-state index contributed by atoms with van der Waals surface area (Å²) in [6.45, 7) is 6.08. The van der Waals surface area contributed by atoms with Crippen molar-refractivity contribution in [3.8, 4) is 17.1 Å². The maximum absolute atomic E-state index is 14.0. The minimum absolute atomic E-state index is 0.00930. The summed E-state index contributed by atoms with van der Waals surface area (Å²) in [6, 6.07) is 8.14. The summed E-state index contributed by atoms with van der Waals surface area (Å²) >= 11 is 5.89. The van der Waals surface area contributed by atoms with Crippen LogP contribution in [0.15, 0.2) is 48.7 Å². The standard InChI is InChI=1S/C32H35ClF3N7O4/c1-5-20-15-42-21(17-43(31(42)46)25-11-9-19(33)14-23(25)32(34,35)36)16-41(20)26-12-10-24(22-8-7-13-38-30(22)47-6-2)40-27(26)29(45)39-18(3)28(44)37-4/h7-14,18,20-21H,5-6,15-17H2,1-4H3,(H,37,44)(H,39,45)/t18-,20-,21+/m1/s1. The number of benzene rings is 1. The van der Waals surface area contributed by atoms with Crippen LogP contribution < -0.4 is 25.2 Å². The average Bonchev–Trinajstić information content (AvgIpc) is 3.38. The third-order valence-corrected chi connectivity index (χ3v) is 8.54. The fourth-order valence-electron chi connectivity index (χ4n) is 5.99. The van der Waals surface area contributed by atoms with Crippen LogP contribution in [0.3, 0.4) is 0 Å². The predicted molar refractivity (Wildman–Crippen MR) is 171 cm³/mol. The highest BCUT2D eigenvalue weighted by Crippen LogP contribution is 2.41. The van der Waals surface area contributed by atoms with Crippen LogP contribution in [-0.4, -0.2) is 84.1 Å². The Morgan fingerprint density at radius 2 is 1.83 bits per heavy atom. The SMILES string of the molecule is CCOc1ncccc1-c1ccc(N2C[C@H]3CN(c4ccc(Cl)cc4C(F)(F)F)C(=O)N3C[C@H]2CC)c(C(=O)N[C@H](C)C(=O)NC)n1. The zero-order chi connectivity index (χ0) is 34.0. The number of anilines is 2. The van der Waals surface area contributed by atoms with Gasteiger partial charge in [0.25, 0.3) is 5.91 Å². The van der Waals surface area contributed by atoms with Gasteiger partial charge in [-0.25, -0.2) is 14.8 Å². The number of carbonyl (C=O) groups is 3. The number of halogens is 4. The molecule has 2 saturated heterocycles. The fourth-order valence-corrected chi connectivity index (χ4v) is 6.16. The molecule has 2 aromatic heterocycles. The quantitative estimate of drug-likeness (QED) is 0.329. The summed E-state index contributed by atoms with van der Waals surface area (Å²) in [6.07, 6.45) is -2.58. The molecule has 2 aliphatic heterocycles. The largest absolute Gasteiger partial charge is 0.477 e. The van der Waals surface area contributed by atoms with E-state index in [-0.39, 0.29) is 42.1 Å². The maximum Gasteiger partial charge on any atom is 0.418 e. The molecule has 4 heterocycles. The molecular weight excluding hydrogens is 639 g/mol. The highest BCUT2D eigenvalue weighted by Gasteiger charge is 2.47. The van der Waals surface area contributed by atoms with E-state index >= 15 is 0 Å². The molecule has 15 heteroatoms. The van der Waals surface area contributed by atoms with E-state index in [0.717, 1.165) is 11.0 Å². The van der Waals surface area contributed by atoms with Crippen LogP contribution in [0.1, 0.15) is 43.2 Å². The maximum atomic E-state index is 14.0. The van der Waals surface area contributed by atoms with Crippen molar-refractivity contribution in [3.05, 3.63) is 64.9 Å². The summed E-state index contributed by atoms with van der Waals surface area (Å²) in [5, 5.41) is 5.13. The topological polar surface area (TPSA) is 120 Å². The Bertz CT molecular complexity index is 1670. The van der Waals surface area contributed by atoms with Gasteiger partial charge < -0.3 is 25.2 Å². The third kappa shape index (κ3) is 6.78. The van der Waals surface area contributed by atoms with Crippen LogP contribution in [0.4, 0.5) is 29.3 Å². The number of amides is 4. The summed E-state index contributed by atoms with van der Waals surface area (Å²) in [5.41, 5.74) is 0.211. The lowest BCUT2D eigenvalue weighted by molar-refractivity contribution is -0.137. The van der Waals surface area contributed by atoms with Gasteiger partial charge in [0.05, 0.1) is 40.8 Å². The van der Waals surface area contributed by atoms with Crippen LogP contribution in [-0.2, 0) is 11.0 Å². The van der Waals surface area contributed by atoms with Crippen molar-refractivity contribution in [2.24, 2.45) is 0 Å². The van der Waals surface area contributed by atoms with Gasteiger partial charge in [0.1, 0.15) is 6.04 Å². The minimum atomic E-state index is -4.72. The van der Waals surface area contributed by atoms with Crippen molar-refractivity contribution < 1.29 is 32.3 Å². The average molecular weight is 674 g/mol. The first kappa shape index (κ1) is 33.8. The van der Waals surface area contributed by atoms with Gasteiger partial charge >= 0.3 is 12.2 Å². The van der Waals surface area contributed by atoms with Crippen molar-refractivity contribution in [3.63, 3.8) is 0 Å². The van der Waals surface area contributed by atoms with E-state index in [1.54, 1.807) is 42.3 Å². The first-order valence-electron chi connectivity index (χ1n) is 15.2. The van der Waals surface area contributed by atoms with Crippen molar-refractivity contribution in [1.29, 1.82) is 0 Å². The van der Waals surface area contributed by atoms with Crippen LogP contribution in [0.5, 0.6) is 5.88 Å². The van der Waals surface area contributed by atoms with Gasteiger partial charge in [-0.3, -0.25) is 14.5 Å². The van der Waals surface area contributed by atoms with Gasteiger partial charge in [-0.1, -0.05) is 18.5 Å². The molecule has 5 rings (SSSR count). The predicted octanol–water partition coefficient (Wildman–Crippen LogP) is 4.99. The number of nitrogens with zero attached hydrogens (tertiary/aromatic N) is 5. The molecule has 0 unspecified atom stereocenters. The Balaban J connectivity index is 1.53. The lowest BCUT2D eigenvalue weighted by atomic mass is 10.0. The minimum Gasteiger partial charge on any atom is -0.477 e. The van der Waals surface area contributed by atoms with Crippen LogP contribution in [0.2, 0.25) is 5.02 Å². The van der Waals surface area contributed by atoms with Gasteiger partial charge in [0, 0.05) is 43.9 Å². The van der Waals surface area contributed by atoms with Crippen molar-refractivity contribution in [2.75, 3.05) is 43.1 Å². The van der Waals surface area contributed by atoms with Gasteiger partial charge in [-0.15, -0.1) is 0 Å². The van der Waals surface area contributed by atoms with E-state index in [2.05, 4.69) is 15.6 Å². The Labute approximate surface area is 275 Å². The number of carbonyl (C=O) groups excluding carboxylic acids is 3. The Morgan fingerprint density at radius 1 is 1.09 bits per heavy atom. The summed E-state index contributed by atoms with van der Waals surface area (Å²) in [5.74, 6) is -0.658. The van der Waals surface area contributed by atoms with E-state index in [4.69, 9.17) is 21.3 Å².